The Morgan fingerprint density at radius 3 is 1.72 bits per heavy atom. The third-order valence-electron chi connectivity index (χ3n) is 16.1. The number of hydrogen-bond donors (Lipinski definition) is 14. The van der Waals surface area contributed by atoms with Gasteiger partial charge in [-0.2, -0.15) is 0 Å². The van der Waals surface area contributed by atoms with Gasteiger partial charge in [-0.15, -0.1) is 0 Å². The third kappa shape index (κ3) is 28.0. The molecule has 11 atom stereocenters. The Labute approximate surface area is 538 Å². The number of primary amides is 1. The SMILES string of the molecule is CC(C)C[C@H](CC(=O)C(CCCN=C(N)N)NC(=O)[C@@H](CC(=O)C(CCCCN)NC(=O)[C@H](CC(=O)O)CC(=O)C(NC(=O)C(Cc1cnc[nH]1)NC(=O)[C@H]1CCCN1C(=O)[C@H](CCCN=C(N)N)CC(=O)[C@@H](C)CC(C)C)[C@@H](C)O)Cc1ccc(O)cc1)C(N)=O. The monoisotopic (exact) mass is 1290 g/mol. The van der Waals surface area contributed by atoms with Crippen LogP contribution in [0.15, 0.2) is 46.8 Å². The van der Waals surface area contributed by atoms with Crippen LogP contribution in [0.2, 0.25) is 0 Å². The largest absolute Gasteiger partial charge is 0.508 e. The van der Waals surface area contributed by atoms with Crippen LogP contribution in [0.1, 0.15) is 156 Å². The van der Waals surface area contributed by atoms with Gasteiger partial charge in [-0.3, -0.25) is 62.7 Å². The quantitative estimate of drug-likeness (QED) is 0.0243. The average molecular weight is 1290 g/mol. The number of aromatic nitrogens is 2. The molecule has 0 radical (unpaired) electrons. The number of H-pyrrole nitrogens is 1. The minimum absolute atomic E-state index is 0.00517. The van der Waals surface area contributed by atoms with Crippen LogP contribution in [-0.4, -0.2) is 169 Å². The van der Waals surface area contributed by atoms with Gasteiger partial charge >= 0.3 is 5.97 Å². The number of aromatic amines is 1. The Kier molecular flexibility index (Phi) is 33.7. The number of ketones is 4. The van der Waals surface area contributed by atoms with Crippen LogP contribution < -0.4 is 55.7 Å². The summed E-state index contributed by atoms with van der Waals surface area (Å²) < 4.78 is 0. The van der Waals surface area contributed by atoms with Gasteiger partial charge in [0.15, 0.2) is 29.3 Å². The fourth-order valence-corrected chi connectivity index (χ4v) is 11.4. The summed E-state index contributed by atoms with van der Waals surface area (Å²) in [5.41, 5.74) is 34.5. The fourth-order valence-electron chi connectivity index (χ4n) is 11.4. The van der Waals surface area contributed by atoms with Crippen molar-refractivity contribution in [3.63, 3.8) is 0 Å². The number of nitrogens with one attached hydrogen (secondary N) is 5. The molecule has 512 valence electrons. The maximum absolute atomic E-state index is 14.6. The molecule has 1 saturated heterocycles. The van der Waals surface area contributed by atoms with Crippen molar-refractivity contribution in [1.29, 1.82) is 0 Å². The van der Waals surface area contributed by atoms with Gasteiger partial charge in [-0.25, -0.2) is 4.98 Å². The number of benzene rings is 1. The first kappa shape index (κ1) is 77.9. The second-order valence-corrected chi connectivity index (χ2v) is 25.1. The first-order valence-corrected chi connectivity index (χ1v) is 31.8. The maximum atomic E-state index is 14.6. The lowest BCUT2D eigenvalue weighted by molar-refractivity contribution is -0.144. The number of Topliss-reactive ketones (excluding diaryl/α,β-unsaturated/α-hetero) is 4. The molecule has 1 aliphatic rings. The van der Waals surface area contributed by atoms with Crippen molar-refractivity contribution in [2.45, 2.75) is 193 Å². The number of rotatable bonds is 45. The van der Waals surface area contributed by atoms with Gasteiger partial charge in [0.25, 0.3) is 0 Å². The van der Waals surface area contributed by atoms with E-state index in [1.54, 1.807) is 0 Å². The van der Waals surface area contributed by atoms with Crippen LogP contribution in [0, 0.1) is 41.4 Å². The van der Waals surface area contributed by atoms with Crippen molar-refractivity contribution in [3.05, 3.63) is 48.0 Å². The number of amides is 6. The molecule has 1 aliphatic heterocycles. The Balaban J connectivity index is 1.94. The number of guanidine groups is 2. The van der Waals surface area contributed by atoms with E-state index in [9.17, 15) is 68.1 Å². The number of nitrogens with two attached hydrogens (primary N) is 6. The van der Waals surface area contributed by atoms with Gasteiger partial charge in [0.05, 0.1) is 36.9 Å². The van der Waals surface area contributed by atoms with Gasteiger partial charge in [0, 0.05) is 87.3 Å². The molecule has 4 unspecified atom stereocenters. The van der Waals surface area contributed by atoms with E-state index in [0.717, 1.165) is 0 Å². The van der Waals surface area contributed by atoms with Gasteiger partial charge < -0.3 is 80.9 Å². The molecule has 1 aromatic heterocycles. The van der Waals surface area contributed by atoms with Crippen molar-refractivity contribution in [3.8, 4) is 5.75 Å². The average Bonchev–Trinajstić information content (AvgIpc) is 1.63. The molecule has 92 heavy (non-hydrogen) atoms. The van der Waals surface area contributed by atoms with Crippen LogP contribution in [0.3, 0.4) is 0 Å². The number of phenolic OH excluding ortho intramolecular Hbond substituents is 1. The van der Waals surface area contributed by atoms with E-state index >= 15 is 0 Å². The number of carbonyl (C=O) groups excluding carboxylic acids is 10. The zero-order valence-electron chi connectivity index (χ0n) is 54.1. The highest BCUT2D eigenvalue weighted by Crippen LogP contribution is 2.28. The molecule has 0 saturated carbocycles. The van der Waals surface area contributed by atoms with E-state index in [0.29, 0.717) is 43.4 Å². The first-order chi connectivity index (χ1) is 43.4. The number of likely N-dealkylation sites (tertiary alicyclic amines) is 1. The van der Waals surface area contributed by atoms with Crippen molar-refractivity contribution in [1.82, 2.24) is 36.1 Å². The van der Waals surface area contributed by atoms with Crippen LogP contribution in [0.4, 0.5) is 0 Å². The number of imidazole rings is 1. The summed E-state index contributed by atoms with van der Waals surface area (Å²) in [6, 6.07) is -1.13. The summed E-state index contributed by atoms with van der Waals surface area (Å²) in [5, 5.41) is 41.8. The van der Waals surface area contributed by atoms with Gasteiger partial charge in [-0.05, 0) is 120 Å². The van der Waals surface area contributed by atoms with Crippen LogP contribution in [0.25, 0.3) is 0 Å². The predicted molar refractivity (Wildman–Crippen MR) is 343 cm³/mol. The first-order valence-electron chi connectivity index (χ1n) is 31.8. The molecule has 0 aliphatic carbocycles. The topological polar surface area (TPSA) is 509 Å². The number of carboxylic acid groups (broad SMARTS) is 1. The van der Waals surface area contributed by atoms with Gasteiger partial charge in [0.1, 0.15) is 29.7 Å². The number of aliphatic hydroxyl groups excluding tert-OH is 1. The van der Waals surface area contributed by atoms with E-state index < -0.39 is 138 Å². The molecular weight excluding hydrogens is 1190 g/mol. The van der Waals surface area contributed by atoms with Gasteiger partial charge in [0.2, 0.25) is 35.4 Å². The molecule has 1 aromatic carbocycles. The summed E-state index contributed by atoms with van der Waals surface area (Å²) in [5.74, 6) is -13.6. The number of aliphatic carboxylic acids is 1. The lowest BCUT2D eigenvalue weighted by Crippen LogP contribution is -2.58. The number of aromatic hydroxyl groups is 1. The van der Waals surface area contributed by atoms with E-state index in [1.807, 2.05) is 34.6 Å². The predicted octanol–water partition coefficient (Wildman–Crippen LogP) is 0.438. The molecule has 29 nitrogen and oxygen atoms in total. The number of carbonyl (C=O) groups is 11. The normalized spacial score (nSPS) is 16.3. The standard InChI is InChI=1S/C63H101N15O14/c1-35(2)24-37(5)50(81)27-40(12-9-21-71-62(66)67)61(92)78-23-11-15-49(78)60(91)76-48(32-44-33-70-34-73-44)59(90)77-55(38(6)79)53(84)30-43(31-54(85)86)58(89)74-46(13-7-8-20-64)52(83)29-42(26-39-16-18-45(80)19-17-39)57(88)75-47(14-10-22-72-63(68)69)51(82)28-41(56(65)87)25-36(3)4/h16-19,33-38,40-43,46-49,55,79-80H,7-15,20-32,64H2,1-6H3,(H2,65,87)(H,70,73)(H,74,89)(H,75,88)(H,76,91)(H,77,90)(H,85,86)(H4,66,67,71)(H4,68,69,72)/t37-,38+,40+,41+,42+,43-,46?,47?,48?,49+,55?/m0/s1. The summed E-state index contributed by atoms with van der Waals surface area (Å²) in [6.45, 7) is 11.3. The van der Waals surface area contributed by atoms with Crippen LogP contribution in [-0.2, 0) is 65.6 Å². The van der Waals surface area contributed by atoms with E-state index in [-0.39, 0.29) is 132 Å². The zero-order valence-corrected chi connectivity index (χ0v) is 54.1. The number of nitrogens with zero attached hydrogens (tertiary/aromatic N) is 4. The Hall–Kier alpha value is -8.34. The van der Waals surface area contributed by atoms with Crippen molar-refractivity contribution in [2.24, 2.45) is 85.8 Å². The number of aliphatic hydroxyl groups is 1. The minimum atomic E-state index is -1.80. The van der Waals surface area contributed by atoms with Crippen molar-refractivity contribution in [2.75, 3.05) is 26.2 Å². The van der Waals surface area contributed by atoms with Crippen LogP contribution in [0.5, 0.6) is 5.75 Å². The highest BCUT2D eigenvalue weighted by atomic mass is 16.4. The van der Waals surface area contributed by atoms with E-state index in [4.69, 9.17) is 34.4 Å². The molecule has 1 fully saturated rings. The summed E-state index contributed by atoms with van der Waals surface area (Å²) in [4.78, 5) is 170. The third-order valence-corrected chi connectivity index (χ3v) is 16.1. The summed E-state index contributed by atoms with van der Waals surface area (Å²) >= 11 is 0. The Morgan fingerprint density at radius 1 is 0.630 bits per heavy atom. The van der Waals surface area contributed by atoms with E-state index in [2.05, 4.69) is 41.2 Å². The number of carboxylic acids is 1. The van der Waals surface area contributed by atoms with Crippen LogP contribution >= 0.6 is 0 Å². The smallest absolute Gasteiger partial charge is 0.304 e. The molecule has 29 heteroatoms. The number of unbranched alkanes of at least 4 members (excludes halogenated alkanes) is 1. The molecule has 2 aromatic rings. The number of aliphatic imine (C=N–C) groups is 2. The molecule has 0 spiro atoms. The zero-order chi connectivity index (χ0) is 68.8. The lowest BCUT2D eigenvalue weighted by atomic mass is 9.87. The van der Waals surface area contributed by atoms with Crippen molar-refractivity contribution >= 4 is 76.5 Å². The Bertz CT molecular complexity index is 2820. The van der Waals surface area contributed by atoms with E-state index in [1.165, 1.54) is 48.6 Å². The minimum Gasteiger partial charge on any atom is -0.508 e. The molecule has 2 heterocycles. The highest BCUT2D eigenvalue weighted by molar-refractivity contribution is 5.99. The lowest BCUT2D eigenvalue weighted by Gasteiger charge is -2.30. The molecular formula is C63H101N15O14. The highest BCUT2D eigenvalue weighted by Gasteiger charge is 2.41. The van der Waals surface area contributed by atoms with Gasteiger partial charge in [-0.1, -0.05) is 46.8 Å². The summed E-state index contributed by atoms with van der Waals surface area (Å²) in [6.07, 6.45) is 0.881. The second kappa shape index (κ2) is 39.8. The second-order valence-electron chi connectivity index (χ2n) is 25.1. The molecule has 3 rings (SSSR count). The molecule has 20 N–H and O–H groups in total. The summed E-state index contributed by atoms with van der Waals surface area (Å²) in [7, 11) is 0. The fraction of sp³-hybridized carbons (Fsp3) is 0.651. The maximum Gasteiger partial charge on any atom is 0.304 e. The Morgan fingerprint density at radius 2 is 1.18 bits per heavy atom. The number of phenols is 1. The number of hydrogen-bond acceptors (Lipinski definition) is 17. The molecule has 6 amide bonds. The molecule has 0 bridgehead atoms. The van der Waals surface area contributed by atoms with Crippen molar-refractivity contribution < 1.29 is 68.1 Å².